The monoisotopic (exact) mass is 291 g/mol. The summed E-state index contributed by atoms with van der Waals surface area (Å²) in [7, 11) is 0. The SMILES string of the molecule is O=C(Cc1cccc(C(=O)O)c1)NCC1CCCCC1O. The summed E-state index contributed by atoms with van der Waals surface area (Å²) in [5, 5.41) is 21.6. The Morgan fingerprint density at radius 1 is 1.24 bits per heavy atom. The van der Waals surface area contributed by atoms with Crippen LogP contribution in [0.3, 0.4) is 0 Å². The van der Waals surface area contributed by atoms with Crippen LogP contribution in [0.5, 0.6) is 0 Å². The molecule has 3 N–H and O–H groups in total. The van der Waals surface area contributed by atoms with Gasteiger partial charge in [-0.25, -0.2) is 4.79 Å². The Balaban J connectivity index is 1.84. The van der Waals surface area contributed by atoms with Crippen LogP contribution >= 0.6 is 0 Å². The number of carboxylic acids is 1. The Hall–Kier alpha value is -1.88. The van der Waals surface area contributed by atoms with E-state index in [2.05, 4.69) is 5.32 Å². The number of carboxylic acid groups (broad SMARTS) is 1. The predicted molar refractivity (Wildman–Crippen MR) is 78.1 cm³/mol. The molecular weight excluding hydrogens is 270 g/mol. The molecule has 1 aromatic rings. The van der Waals surface area contributed by atoms with E-state index in [0.717, 1.165) is 25.7 Å². The van der Waals surface area contributed by atoms with Crippen molar-refractivity contribution in [1.82, 2.24) is 5.32 Å². The first-order chi connectivity index (χ1) is 10.1. The van der Waals surface area contributed by atoms with Gasteiger partial charge in [0.15, 0.2) is 0 Å². The Morgan fingerprint density at radius 2 is 2.00 bits per heavy atom. The minimum absolute atomic E-state index is 0.132. The van der Waals surface area contributed by atoms with Gasteiger partial charge in [0.1, 0.15) is 0 Å². The molecule has 0 spiro atoms. The zero-order valence-corrected chi connectivity index (χ0v) is 11.9. The molecule has 1 aromatic carbocycles. The van der Waals surface area contributed by atoms with Crippen molar-refractivity contribution < 1.29 is 19.8 Å². The molecule has 2 rings (SSSR count). The molecule has 0 bridgehead atoms. The van der Waals surface area contributed by atoms with Crippen LogP contribution in [0.1, 0.15) is 41.6 Å². The largest absolute Gasteiger partial charge is 0.478 e. The Labute approximate surface area is 124 Å². The third kappa shape index (κ3) is 4.56. The van der Waals surface area contributed by atoms with Crippen LogP contribution in [0, 0.1) is 5.92 Å². The lowest BCUT2D eigenvalue weighted by molar-refractivity contribution is -0.120. The van der Waals surface area contributed by atoms with Crippen molar-refractivity contribution in [3.8, 4) is 0 Å². The summed E-state index contributed by atoms with van der Waals surface area (Å²) in [5.74, 6) is -1.01. The zero-order chi connectivity index (χ0) is 15.2. The molecule has 21 heavy (non-hydrogen) atoms. The number of carbonyl (C=O) groups excluding carboxylic acids is 1. The quantitative estimate of drug-likeness (QED) is 0.769. The molecule has 1 amide bonds. The van der Waals surface area contributed by atoms with Crippen molar-refractivity contribution in [3.05, 3.63) is 35.4 Å². The number of hydrogen-bond acceptors (Lipinski definition) is 3. The van der Waals surface area contributed by atoms with Gasteiger partial charge in [0.25, 0.3) is 0 Å². The standard InChI is InChI=1S/C16H21NO4/c18-14-7-2-1-5-13(14)10-17-15(19)9-11-4-3-6-12(8-11)16(20)21/h3-4,6,8,13-14,18H,1-2,5,7,9-10H2,(H,17,19)(H,20,21). The molecule has 1 aliphatic carbocycles. The summed E-state index contributed by atoms with van der Waals surface area (Å²) in [4.78, 5) is 22.8. The highest BCUT2D eigenvalue weighted by Gasteiger charge is 2.23. The predicted octanol–water partition coefficient (Wildman–Crippen LogP) is 1.59. The fraction of sp³-hybridized carbons (Fsp3) is 0.500. The Morgan fingerprint density at radius 3 is 2.71 bits per heavy atom. The van der Waals surface area contributed by atoms with Crippen molar-refractivity contribution in [2.45, 2.75) is 38.2 Å². The molecule has 5 nitrogen and oxygen atoms in total. The normalized spacial score (nSPS) is 21.8. The average molecular weight is 291 g/mol. The minimum Gasteiger partial charge on any atom is -0.478 e. The van der Waals surface area contributed by atoms with Crippen LogP contribution in [-0.4, -0.2) is 34.7 Å². The molecule has 0 radical (unpaired) electrons. The summed E-state index contributed by atoms with van der Waals surface area (Å²) in [6, 6.07) is 6.39. The number of nitrogens with one attached hydrogen (secondary N) is 1. The number of hydrogen-bond donors (Lipinski definition) is 3. The summed E-state index contributed by atoms with van der Waals surface area (Å²) in [6.07, 6.45) is 3.72. The van der Waals surface area contributed by atoms with Crippen molar-refractivity contribution in [1.29, 1.82) is 0 Å². The van der Waals surface area contributed by atoms with Gasteiger partial charge >= 0.3 is 5.97 Å². The van der Waals surface area contributed by atoms with E-state index in [1.165, 1.54) is 12.1 Å². The van der Waals surface area contributed by atoms with Gasteiger partial charge in [-0.3, -0.25) is 4.79 Å². The average Bonchev–Trinajstić information content (AvgIpc) is 2.46. The molecule has 1 aliphatic rings. The van der Waals surface area contributed by atoms with E-state index in [4.69, 9.17) is 5.11 Å². The highest BCUT2D eigenvalue weighted by Crippen LogP contribution is 2.23. The van der Waals surface area contributed by atoms with Crippen molar-refractivity contribution in [3.63, 3.8) is 0 Å². The maximum Gasteiger partial charge on any atom is 0.335 e. The second-order valence-electron chi connectivity index (χ2n) is 5.60. The summed E-state index contributed by atoms with van der Waals surface area (Å²) >= 11 is 0. The number of benzene rings is 1. The molecular formula is C16H21NO4. The second-order valence-corrected chi connectivity index (χ2v) is 5.60. The van der Waals surface area contributed by atoms with Crippen LogP contribution in [-0.2, 0) is 11.2 Å². The van der Waals surface area contributed by atoms with Crippen LogP contribution in [0.25, 0.3) is 0 Å². The van der Waals surface area contributed by atoms with Crippen LogP contribution in [0.15, 0.2) is 24.3 Å². The molecule has 1 saturated carbocycles. The molecule has 114 valence electrons. The van der Waals surface area contributed by atoms with Gasteiger partial charge in [0, 0.05) is 12.5 Å². The lowest BCUT2D eigenvalue weighted by Gasteiger charge is -2.27. The zero-order valence-electron chi connectivity index (χ0n) is 11.9. The van der Waals surface area contributed by atoms with Gasteiger partial charge in [-0.15, -0.1) is 0 Å². The van der Waals surface area contributed by atoms with Crippen LogP contribution in [0.4, 0.5) is 0 Å². The van der Waals surface area contributed by atoms with Gasteiger partial charge in [-0.2, -0.15) is 0 Å². The first kappa shape index (κ1) is 15.5. The number of carbonyl (C=O) groups is 2. The number of rotatable bonds is 5. The maximum atomic E-state index is 11.9. The van der Waals surface area contributed by atoms with E-state index in [-0.39, 0.29) is 29.9 Å². The first-order valence-corrected chi connectivity index (χ1v) is 7.33. The maximum absolute atomic E-state index is 11.9. The number of aliphatic hydroxyl groups is 1. The Bertz CT molecular complexity index is 515. The lowest BCUT2D eigenvalue weighted by atomic mass is 9.86. The highest BCUT2D eigenvalue weighted by molar-refractivity contribution is 5.88. The van der Waals surface area contributed by atoms with Gasteiger partial charge < -0.3 is 15.5 Å². The summed E-state index contributed by atoms with van der Waals surface area (Å²) < 4.78 is 0. The van der Waals surface area contributed by atoms with Gasteiger partial charge in [0.05, 0.1) is 18.1 Å². The topological polar surface area (TPSA) is 86.6 Å². The molecule has 5 heteroatoms. The van der Waals surface area contributed by atoms with E-state index >= 15 is 0 Å². The first-order valence-electron chi connectivity index (χ1n) is 7.33. The van der Waals surface area contributed by atoms with E-state index in [0.29, 0.717) is 12.1 Å². The van der Waals surface area contributed by atoms with E-state index in [9.17, 15) is 14.7 Å². The molecule has 0 aromatic heterocycles. The van der Waals surface area contributed by atoms with Gasteiger partial charge in [-0.1, -0.05) is 25.0 Å². The Kier molecular flexibility index (Phi) is 5.33. The molecule has 2 unspecified atom stereocenters. The smallest absolute Gasteiger partial charge is 0.335 e. The number of aromatic carboxylic acids is 1. The van der Waals surface area contributed by atoms with E-state index in [1.807, 2.05) is 0 Å². The number of amides is 1. The second kappa shape index (κ2) is 7.22. The molecule has 0 heterocycles. The highest BCUT2D eigenvalue weighted by atomic mass is 16.4. The minimum atomic E-state index is -0.998. The lowest BCUT2D eigenvalue weighted by Crippen LogP contribution is -2.37. The summed E-state index contributed by atoms with van der Waals surface area (Å²) in [5.41, 5.74) is 0.861. The fourth-order valence-corrected chi connectivity index (χ4v) is 2.73. The van der Waals surface area contributed by atoms with Crippen molar-refractivity contribution in [2.75, 3.05) is 6.54 Å². The third-order valence-corrected chi connectivity index (χ3v) is 3.97. The number of aliphatic hydroxyl groups excluding tert-OH is 1. The van der Waals surface area contributed by atoms with Crippen LogP contribution < -0.4 is 5.32 Å². The summed E-state index contributed by atoms with van der Waals surface area (Å²) in [6.45, 7) is 0.485. The fourth-order valence-electron chi connectivity index (χ4n) is 2.73. The van der Waals surface area contributed by atoms with Crippen LogP contribution in [0.2, 0.25) is 0 Å². The molecule has 0 aliphatic heterocycles. The molecule has 0 saturated heterocycles. The van der Waals surface area contributed by atoms with E-state index < -0.39 is 5.97 Å². The van der Waals surface area contributed by atoms with Gasteiger partial charge in [-0.05, 0) is 30.5 Å². The molecule has 2 atom stereocenters. The molecule has 1 fully saturated rings. The van der Waals surface area contributed by atoms with Crippen molar-refractivity contribution >= 4 is 11.9 Å². The third-order valence-electron chi connectivity index (χ3n) is 3.97. The van der Waals surface area contributed by atoms with E-state index in [1.54, 1.807) is 12.1 Å². The van der Waals surface area contributed by atoms with Crippen molar-refractivity contribution in [2.24, 2.45) is 5.92 Å². The van der Waals surface area contributed by atoms with Gasteiger partial charge in [0.2, 0.25) is 5.91 Å².